The summed E-state index contributed by atoms with van der Waals surface area (Å²) in [6, 6.07) is 12.4. The van der Waals surface area contributed by atoms with E-state index < -0.39 is 6.04 Å². The first-order valence-corrected chi connectivity index (χ1v) is 11.4. The van der Waals surface area contributed by atoms with Crippen molar-refractivity contribution in [1.82, 2.24) is 20.2 Å². The highest BCUT2D eigenvalue weighted by Gasteiger charge is 2.36. The molecule has 1 unspecified atom stereocenters. The minimum absolute atomic E-state index is 0.296. The first-order valence-electron chi connectivity index (χ1n) is 10.7. The topological polar surface area (TPSA) is 103 Å². The average Bonchev–Trinajstić information content (AvgIpc) is 3.27. The number of nitrogens with one attached hydrogen (secondary N) is 2. The van der Waals surface area contributed by atoms with Crippen LogP contribution in [0.5, 0.6) is 11.5 Å². The molecule has 0 spiro atoms. The average molecular weight is 513 g/mol. The van der Waals surface area contributed by atoms with Gasteiger partial charge >= 0.3 is 0 Å². The number of halogens is 1. The third-order valence-corrected chi connectivity index (χ3v) is 5.83. The lowest BCUT2D eigenvalue weighted by Gasteiger charge is -2.29. The van der Waals surface area contributed by atoms with Crippen LogP contribution in [0.3, 0.4) is 0 Å². The van der Waals surface area contributed by atoms with Crippen LogP contribution in [0.2, 0.25) is 0 Å². The van der Waals surface area contributed by atoms with Crippen LogP contribution in [0.25, 0.3) is 0 Å². The van der Waals surface area contributed by atoms with Crippen LogP contribution in [0.15, 0.2) is 58.2 Å². The highest BCUT2D eigenvalue weighted by Crippen LogP contribution is 2.40. The van der Waals surface area contributed by atoms with E-state index in [1.54, 1.807) is 23.9 Å². The van der Waals surface area contributed by atoms with Gasteiger partial charge in [-0.1, -0.05) is 46.5 Å². The molecular formula is C23H25BrN6O3. The molecule has 1 atom stereocenters. The molecule has 1 amide bonds. The zero-order valence-corrected chi connectivity index (χ0v) is 20.2. The molecule has 172 valence electrons. The van der Waals surface area contributed by atoms with Crippen molar-refractivity contribution < 1.29 is 14.3 Å². The number of tetrazole rings is 1. The summed E-state index contributed by atoms with van der Waals surface area (Å²) in [5.74, 6) is 1.40. The molecule has 0 fully saturated rings. The Kier molecular flexibility index (Phi) is 6.93. The van der Waals surface area contributed by atoms with Gasteiger partial charge in [-0.2, -0.15) is 4.68 Å². The maximum atomic E-state index is 13.6. The van der Waals surface area contributed by atoms with Gasteiger partial charge < -0.3 is 20.1 Å². The normalized spacial score (nSPS) is 15.0. The molecular weight excluding hydrogens is 488 g/mol. The van der Waals surface area contributed by atoms with Gasteiger partial charge in [0.15, 0.2) is 0 Å². The Labute approximate surface area is 200 Å². The summed E-state index contributed by atoms with van der Waals surface area (Å²) in [6.07, 6.45) is 1.94. The summed E-state index contributed by atoms with van der Waals surface area (Å²) >= 11 is 3.56. The van der Waals surface area contributed by atoms with Crippen LogP contribution < -0.4 is 20.1 Å². The number of benzene rings is 2. The van der Waals surface area contributed by atoms with E-state index in [4.69, 9.17) is 9.47 Å². The molecule has 2 aromatic carbocycles. The summed E-state index contributed by atoms with van der Waals surface area (Å²) in [6.45, 7) is 4.51. The van der Waals surface area contributed by atoms with Crippen molar-refractivity contribution in [2.45, 2.75) is 32.7 Å². The third-order valence-electron chi connectivity index (χ3n) is 5.34. The highest BCUT2D eigenvalue weighted by molar-refractivity contribution is 9.10. The molecule has 0 bridgehead atoms. The van der Waals surface area contributed by atoms with E-state index in [1.807, 2.05) is 37.3 Å². The predicted octanol–water partition coefficient (Wildman–Crippen LogP) is 4.55. The molecule has 0 saturated heterocycles. The number of anilines is 2. The monoisotopic (exact) mass is 512 g/mol. The Morgan fingerprint density at radius 3 is 2.85 bits per heavy atom. The molecule has 0 saturated carbocycles. The van der Waals surface area contributed by atoms with E-state index in [1.165, 1.54) is 0 Å². The van der Waals surface area contributed by atoms with Crippen molar-refractivity contribution in [3.8, 4) is 11.5 Å². The number of nitrogens with zero attached hydrogens (tertiary/aromatic N) is 4. The second-order valence-corrected chi connectivity index (χ2v) is 8.47. The van der Waals surface area contributed by atoms with E-state index in [0.717, 1.165) is 22.9 Å². The smallest absolute Gasteiger partial charge is 0.255 e. The second-order valence-electron chi connectivity index (χ2n) is 7.55. The molecule has 3 aromatic rings. The number of carbonyl (C=O) groups excluding carboxylic acids is 1. The van der Waals surface area contributed by atoms with Gasteiger partial charge in [-0.15, -0.1) is 0 Å². The number of allylic oxidation sites excluding steroid dienone is 1. The minimum atomic E-state index is -0.597. The van der Waals surface area contributed by atoms with Crippen LogP contribution in [0.4, 0.5) is 11.6 Å². The van der Waals surface area contributed by atoms with Crippen molar-refractivity contribution >= 4 is 33.5 Å². The molecule has 10 heteroatoms. The van der Waals surface area contributed by atoms with Gasteiger partial charge in [0.25, 0.3) is 5.91 Å². The standard InChI is InChI=1S/C23H25BrN6O3/c1-4-5-12-33-18-11-10-15(24)13-16(18)21-20(14(2)25-23-27-28-29-30(21)23)22(31)26-17-8-6-7-9-19(17)32-3/h6-11,13,21H,4-5,12H2,1-3H3,(H,26,31)(H,25,27,29). The lowest BCUT2D eigenvalue weighted by atomic mass is 9.94. The van der Waals surface area contributed by atoms with Crippen LogP contribution in [-0.4, -0.2) is 39.8 Å². The van der Waals surface area contributed by atoms with Crippen molar-refractivity contribution in [3.05, 3.63) is 63.8 Å². The molecule has 2 heterocycles. The summed E-state index contributed by atoms with van der Waals surface area (Å²) in [5.41, 5.74) is 2.47. The molecule has 0 aliphatic carbocycles. The van der Waals surface area contributed by atoms with E-state index >= 15 is 0 Å². The van der Waals surface area contributed by atoms with Crippen molar-refractivity contribution in [3.63, 3.8) is 0 Å². The third kappa shape index (κ3) is 4.70. The lowest BCUT2D eigenvalue weighted by molar-refractivity contribution is -0.113. The second kappa shape index (κ2) is 10.0. The number of unbranched alkanes of at least 4 members (excludes halogenated alkanes) is 1. The Bertz CT molecular complexity index is 1190. The summed E-state index contributed by atoms with van der Waals surface area (Å²) in [4.78, 5) is 13.6. The van der Waals surface area contributed by atoms with Gasteiger partial charge in [-0.3, -0.25) is 4.79 Å². The molecule has 4 rings (SSSR count). The molecule has 33 heavy (non-hydrogen) atoms. The van der Waals surface area contributed by atoms with E-state index in [-0.39, 0.29) is 5.91 Å². The molecule has 0 radical (unpaired) electrons. The number of hydrogen-bond donors (Lipinski definition) is 2. The van der Waals surface area contributed by atoms with Crippen molar-refractivity contribution in [2.75, 3.05) is 24.4 Å². The summed E-state index contributed by atoms with van der Waals surface area (Å²) in [5, 5.41) is 18.2. The van der Waals surface area contributed by atoms with Crippen molar-refractivity contribution in [2.24, 2.45) is 0 Å². The van der Waals surface area contributed by atoms with Crippen LogP contribution in [0.1, 0.15) is 38.3 Å². The number of para-hydroxylation sites is 2. The maximum Gasteiger partial charge on any atom is 0.255 e. The quantitative estimate of drug-likeness (QED) is 0.426. The number of methoxy groups -OCH3 is 1. The fourth-order valence-corrected chi connectivity index (χ4v) is 4.10. The number of fused-ring (bicyclic) bond motifs is 1. The van der Waals surface area contributed by atoms with Gasteiger partial charge in [0.1, 0.15) is 17.5 Å². The Hall–Kier alpha value is -3.40. The van der Waals surface area contributed by atoms with Crippen molar-refractivity contribution in [1.29, 1.82) is 0 Å². The van der Waals surface area contributed by atoms with E-state index in [0.29, 0.717) is 41.0 Å². The molecule has 1 aliphatic rings. The zero-order valence-electron chi connectivity index (χ0n) is 18.6. The zero-order chi connectivity index (χ0) is 23.4. The Balaban J connectivity index is 1.78. The van der Waals surface area contributed by atoms with E-state index in [9.17, 15) is 4.79 Å². The van der Waals surface area contributed by atoms with Gasteiger partial charge in [0.2, 0.25) is 5.95 Å². The minimum Gasteiger partial charge on any atom is -0.495 e. The van der Waals surface area contributed by atoms with Crippen LogP contribution >= 0.6 is 15.9 Å². The number of carbonyl (C=O) groups is 1. The summed E-state index contributed by atoms with van der Waals surface area (Å²) in [7, 11) is 1.56. The van der Waals surface area contributed by atoms with Crippen LogP contribution in [-0.2, 0) is 4.79 Å². The number of hydrogen-bond acceptors (Lipinski definition) is 7. The SMILES string of the molecule is CCCCOc1ccc(Br)cc1C1C(C(=O)Nc2ccccc2OC)=C(C)Nc2nnnn21. The predicted molar refractivity (Wildman–Crippen MR) is 128 cm³/mol. The van der Waals surface area contributed by atoms with Gasteiger partial charge in [-0.05, 0) is 54.1 Å². The number of amides is 1. The molecule has 9 nitrogen and oxygen atoms in total. The van der Waals surface area contributed by atoms with Gasteiger partial charge in [0.05, 0.1) is 25.0 Å². The number of aromatic nitrogens is 4. The first-order chi connectivity index (χ1) is 16.0. The largest absolute Gasteiger partial charge is 0.495 e. The fraction of sp³-hybridized carbons (Fsp3) is 0.304. The highest BCUT2D eigenvalue weighted by atomic mass is 79.9. The first kappa shape index (κ1) is 22.8. The number of ether oxygens (including phenoxy) is 2. The molecule has 2 N–H and O–H groups in total. The maximum absolute atomic E-state index is 13.6. The van der Waals surface area contributed by atoms with Gasteiger partial charge in [0, 0.05) is 15.7 Å². The fourth-order valence-electron chi connectivity index (χ4n) is 3.72. The van der Waals surface area contributed by atoms with Crippen LogP contribution in [0, 0.1) is 0 Å². The molecule has 1 aliphatic heterocycles. The lowest BCUT2D eigenvalue weighted by Crippen LogP contribution is -2.32. The van der Waals surface area contributed by atoms with Gasteiger partial charge in [-0.25, -0.2) is 0 Å². The Morgan fingerprint density at radius 1 is 1.24 bits per heavy atom. The number of rotatable bonds is 8. The molecule has 1 aromatic heterocycles. The Morgan fingerprint density at radius 2 is 2.06 bits per heavy atom. The summed E-state index contributed by atoms with van der Waals surface area (Å²) < 4.78 is 13.9. The van der Waals surface area contributed by atoms with E-state index in [2.05, 4.69) is 49.0 Å².